The van der Waals surface area contributed by atoms with E-state index in [9.17, 15) is 4.79 Å². The van der Waals surface area contributed by atoms with Crippen LogP contribution >= 0.6 is 17.0 Å². The van der Waals surface area contributed by atoms with Crippen molar-refractivity contribution in [2.24, 2.45) is 0 Å². The molecular formula is C19H31BrO2. The molecule has 0 amide bonds. The summed E-state index contributed by atoms with van der Waals surface area (Å²) in [5, 5.41) is 0. The first-order valence-corrected chi connectivity index (χ1v) is 8.56. The van der Waals surface area contributed by atoms with Crippen LogP contribution in [0.2, 0.25) is 0 Å². The van der Waals surface area contributed by atoms with E-state index >= 15 is 0 Å². The van der Waals surface area contributed by atoms with Crippen molar-refractivity contribution in [3.63, 3.8) is 0 Å². The van der Waals surface area contributed by atoms with E-state index in [1.165, 1.54) is 44.1 Å². The number of esters is 1. The van der Waals surface area contributed by atoms with Gasteiger partial charge in [-0.1, -0.05) is 64.5 Å². The Morgan fingerprint density at radius 1 is 0.955 bits per heavy atom. The Balaban J connectivity index is 0.00000441. The van der Waals surface area contributed by atoms with Gasteiger partial charge in [0.1, 0.15) is 5.75 Å². The maximum absolute atomic E-state index is 11.8. The molecule has 0 aliphatic heterocycles. The van der Waals surface area contributed by atoms with Crippen LogP contribution in [0.15, 0.2) is 24.3 Å². The van der Waals surface area contributed by atoms with Crippen molar-refractivity contribution in [3.05, 3.63) is 29.8 Å². The van der Waals surface area contributed by atoms with Crippen LogP contribution in [0, 0.1) is 0 Å². The van der Waals surface area contributed by atoms with Gasteiger partial charge in [0.15, 0.2) is 0 Å². The fraction of sp³-hybridized carbons (Fsp3) is 0.632. The highest BCUT2D eigenvalue weighted by Gasteiger charge is 2.05. The number of unbranched alkanes of at least 4 members (excludes halogenated alkanes) is 6. The standard InChI is InChI=1S/C19H30O2.BrH/c1-3-5-7-8-10-15-19(20)21-18-14-11-13-17(16-18)12-9-6-4-2;/h11,13-14,16H,3-10,12,15H2,1-2H3;1H. The van der Waals surface area contributed by atoms with E-state index < -0.39 is 0 Å². The molecule has 0 aliphatic rings. The molecule has 0 saturated heterocycles. The van der Waals surface area contributed by atoms with Crippen LogP contribution in [-0.2, 0) is 11.2 Å². The lowest BCUT2D eigenvalue weighted by atomic mass is 10.1. The molecule has 0 radical (unpaired) electrons. The van der Waals surface area contributed by atoms with Gasteiger partial charge >= 0.3 is 5.97 Å². The number of hydrogen-bond donors (Lipinski definition) is 0. The molecule has 0 N–H and O–H groups in total. The molecule has 3 heteroatoms. The van der Waals surface area contributed by atoms with Crippen LogP contribution in [0.25, 0.3) is 0 Å². The van der Waals surface area contributed by atoms with Crippen LogP contribution in [0.5, 0.6) is 5.75 Å². The second-order valence-electron chi connectivity index (χ2n) is 5.74. The van der Waals surface area contributed by atoms with Crippen molar-refractivity contribution in [1.82, 2.24) is 0 Å². The van der Waals surface area contributed by atoms with Crippen molar-refractivity contribution in [3.8, 4) is 5.75 Å². The number of carbonyl (C=O) groups excluding carboxylic acids is 1. The third-order valence-corrected chi connectivity index (χ3v) is 3.68. The monoisotopic (exact) mass is 370 g/mol. The van der Waals surface area contributed by atoms with E-state index in [-0.39, 0.29) is 23.0 Å². The summed E-state index contributed by atoms with van der Waals surface area (Å²) in [6.45, 7) is 4.40. The SMILES string of the molecule is Br.CCCCCCCC(=O)Oc1cccc(CCCCC)c1. The van der Waals surface area contributed by atoms with Crippen LogP contribution in [0.3, 0.4) is 0 Å². The summed E-state index contributed by atoms with van der Waals surface area (Å²) in [6, 6.07) is 7.96. The zero-order valence-electron chi connectivity index (χ0n) is 14.1. The molecule has 0 fully saturated rings. The van der Waals surface area contributed by atoms with E-state index in [1.807, 2.05) is 18.2 Å². The Morgan fingerprint density at radius 2 is 1.64 bits per heavy atom. The Morgan fingerprint density at radius 3 is 2.36 bits per heavy atom. The van der Waals surface area contributed by atoms with E-state index in [2.05, 4.69) is 19.9 Å². The second-order valence-corrected chi connectivity index (χ2v) is 5.74. The van der Waals surface area contributed by atoms with Crippen LogP contribution in [0.4, 0.5) is 0 Å². The van der Waals surface area contributed by atoms with Gasteiger partial charge in [0.05, 0.1) is 0 Å². The Kier molecular flexibility index (Phi) is 13.3. The summed E-state index contributed by atoms with van der Waals surface area (Å²) in [6.07, 6.45) is 11.1. The molecule has 0 spiro atoms. The van der Waals surface area contributed by atoms with Gasteiger partial charge in [-0.25, -0.2) is 0 Å². The average molecular weight is 371 g/mol. The van der Waals surface area contributed by atoms with Gasteiger partial charge in [0, 0.05) is 6.42 Å². The number of halogens is 1. The molecule has 126 valence electrons. The van der Waals surface area contributed by atoms with E-state index in [4.69, 9.17) is 4.74 Å². The fourth-order valence-corrected chi connectivity index (χ4v) is 2.40. The quantitative estimate of drug-likeness (QED) is 0.261. The molecule has 0 aliphatic carbocycles. The third-order valence-electron chi connectivity index (χ3n) is 3.68. The van der Waals surface area contributed by atoms with Crippen molar-refractivity contribution >= 4 is 23.0 Å². The summed E-state index contributed by atoms with van der Waals surface area (Å²) in [7, 11) is 0. The number of aryl methyl sites for hydroxylation is 1. The van der Waals surface area contributed by atoms with Gasteiger partial charge in [0.25, 0.3) is 0 Å². The van der Waals surface area contributed by atoms with Crippen molar-refractivity contribution < 1.29 is 9.53 Å². The van der Waals surface area contributed by atoms with E-state index in [0.717, 1.165) is 19.3 Å². The average Bonchev–Trinajstić information content (AvgIpc) is 2.48. The Hall–Kier alpha value is -0.830. The number of carbonyl (C=O) groups is 1. The smallest absolute Gasteiger partial charge is 0.311 e. The van der Waals surface area contributed by atoms with Gasteiger partial charge in [-0.2, -0.15) is 0 Å². The molecule has 1 aromatic rings. The molecule has 0 bridgehead atoms. The molecule has 0 atom stereocenters. The molecule has 0 aromatic heterocycles. The minimum atomic E-state index is -0.0998. The zero-order chi connectivity index (χ0) is 15.3. The predicted octanol–water partition coefficient (Wildman–Crippen LogP) is 6.26. The molecule has 0 unspecified atom stereocenters. The van der Waals surface area contributed by atoms with Crippen molar-refractivity contribution in [2.75, 3.05) is 0 Å². The first-order valence-electron chi connectivity index (χ1n) is 8.56. The normalized spacial score (nSPS) is 10.1. The highest BCUT2D eigenvalue weighted by Crippen LogP contribution is 2.17. The maximum atomic E-state index is 11.8. The lowest BCUT2D eigenvalue weighted by Gasteiger charge is -2.07. The Labute approximate surface area is 146 Å². The Bertz CT molecular complexity index is 404. The lowest BCUT2D eigenvalue weighted by molar-refractivity contribution is -0.134. The van der Waals surface area contributed by atoms with Crippen molar-refractivity contribution in [1.29, 1.82) is 0 Å². The second kappa shape index (κ2) is 13.8. The van der Waals surface area contributed by atoms with Crippen molar-refractivity contribution in [2.45, 2.75) is 78.1 Å². The summed E-state index contributed by atoms with van der Waals surface area (Å²) in [4.78, 5) is 11.8. The molecule has 2 nitrogen and oxygen atoms in total. The van der Waals surface area contributed by atoms with Crippen LogP contribution < -0.4 is 4.74 Å². The molecule has 1 rings (SSSR count). The lowest BCUT2D eigenvalue weighted by Crippen LogP contribution is -2.07. The fourth-order valence-electron chi connectivity index (χ4n) is 2.40. The summed E-state index contributed by atoms with van der Waals surface area (Å²) in [5.41, 5.74) is 1.26. The zero-order valence-corrected chi connectivity index (χ0v) is 15.8. The number of hydrogen-bond acceptors (Lipinski definition) is 2. The van der Waals surface area contributed by atoms with Gasteiger partial charge in [0.2, 0.25) is 0 Å². The molecule has 1 aromatic carbocycles. The first-order chi connectivity index (χ1) is 10.3. The summed E-state index contributed by atoms with van der Waals surface area (Å²) >= 11 is 0. The maximum Gasteiger partial charge on any atom is 0.311 e. The topological polar surface area (TPSA) is 26.3 Å². The van der Waals surface area contributed by atoms with Gasteiger partial charge in [-0.05, 0) is 37.0 Å². The van der Waals surface area contributed by atoms with Crippen LogP contribution in [-0.4, -0.2) is 5.97 Å². The highest BCUT2D eigenvalue weighted by atomic mass is 79.9. The minimum absolute atomic E-state index is 0. The predicted molar refractivity (Wildman–Crippen MR) is 99.0 cm³/mol. The van der Waals surface area contributed by atoms with E-state index in [1.54, 1.807) is 0 Å². The number of benzene rings is 1. The summed E-state index contributed by atoms with van der Waals surface area (Å²) < 4.78 is 5.43. The summed E-state index contributed by atoms with van der Waals surface area (Å²) in [5.74, 6) is 0.597. The molecule has 22 heavy (non-hydrogen) atoms. The first kappa shape index (κ1) is 21.2. The van der Waals surface area contributed by atoms with Gasteiger partial charge in [-0.3, -0.25) is 4.79 Å². The van der Waals surface area contributed by atoms with Gasteiger partial charge in [-0.15, -0.1) is 17.0 Å². The highest BCUT2D eigenvalue weighted by molar-refractivity contribution is 8.93. The largest absolute Gasteiger partial charge is 0.427 e. The molecular weight excluding hydrogens is 340 g/mol. The van der Waals surface area contributed by atoms with Crippen LogP contribution in [0.1, 0.15) is 77.2 Å². The number of rotatable bonds is 11. The molecule has 0 heterocycles. The molecule has 0 saturated carbocycles. The third kappa shape index (κ3) is 9.99. The number of ether oxygens (including phenoxy) is 1. The van der Waals surface area contributed by atoms with Gasteiger partial charge < -0.3 is 4.74 Å². The van der Waals surface area contributed by atoms with E-state index in [0.29, 0.717) is 12.2 Å². The minimum Gasteiger partial charge on any atom is -0.427 e.